The van der Waals surface area contributed by atoms with Crippen molar-refractivity contribution in [2.24, 2.45) is 5.73 Å². The highest BCUT2D eigenvalue weighted by atomic mass is 32.1. The van der Waals surface area contributed by atoms with Crippen molar-refractivity contribution in [3.05, 3.63) is 36.0 Å². The number of rotatable bonds is 13. The maximum absolute atomic E-state index is 12.7. The van der Waals surface area contributed by atoms with Crippen LogP contribution in [0.15, 0.2) is 30.5 Å². The molecule has 0 aliphatic rings. The molecular formula is C22H29N5O8S. The minimum absolute atomic E-state index is 0.145. The third-order valence-corrected chi connectivity index (χ3v) is 5.69. The van der Waals surface area contributed by atoms with Crippen molar-refractivity contribution in [3.63, 3.8) is 0 Å². The summed E-state index contributed by atoms with van der Waals surface area (Å²) < 4.78 is 0. The number of thiol groups is 1. The second-order valence-electron chi connectivity index (χ2n) is 8.14. The van der Waals surface area contributed by atoms with Gasteiger partial charge in [-0.1, -0.05) is 18.2 Å². The Kier molecular flexibility index (Phi) is 10.3. The number of aromatic amines is 1. The summed E-state index contributed by atoms with van der Waals surface area (Å²) in [5.74, 6) is -5.98. The number of aromatic nitrogens is 1. The molecule has 1 aromatic heterocycles. The van der Waals surface area contributed by atoms with Gasteiger partial charge in [-0.2, -0.15) is 12.6 Å². The molecule has 0 aliphatic carbocycles. The van der Waals surface area contributed by atoms with Gasteiger partial charge in [0.05, 0.1) is 18.6 Å². The van der Waals surface area contributed by atoms with E-state index in [9.17, 15) is 29.1 Å². The van der Waals surface area contributed by atoms with Gasteiger partial charge in [-0.3, -0.25) is 19.2 Å². The van der Waals surface area contributed by atoms with E-state index in [-0.39, 0.29) is 12.2 Å². The maximum Gasteiger partial charge on any atom is 0.326 e. The van der Waals surface area contributed by atoms with Gasteiger partial charge in [0.1, 0.15) is 18.1 Å². The molecule has 0 saturated carbocycles. The van der Waals surface area contributed by atoms with Crippen molar-refractivity contribution in [1.29, 1.82) is 0 Å². The summed E-state index contributed by atoms with van der Waals surface area (Å²) in [6.45, 7) is 1.25. The van der Waals surface area contributed by atoms with E-state index in [1.54, 1.807) is 6.20 Å². The molecular weight excluding hydrogens is 494 g/mol. The first kappa shape index (κ1) is 28.6. The minimum Gasteiger partial charge on any atom is -0.481 e. The third-order valence-electron chi connectivity index (χ3n) is 5.32. The van der Waals surface area contributed by atoms with Crippen LogP contribution in [-0.2, 0) is 30.4 Å². The largest absolute Gasteiger partial charge is 0.481 e. The monoisotopic (exact) mass is 523 g/mol. The van der Waals surface area contributed by atoms with Gasteiger partial charge in [-0.15, -0.1) is 0 Å². The first-order chi connectivity index (χ1) is 16.9. The third kappa shape index (κ3) is 7.69. The van der Waals surface area contributed by atoms with Gasteiger partial charge in [0.25, 0.3) is 0 Å². The highest BCUT2D eigenvalue weighted by Gasteiger charge is 2.32. The zero-order valence-corrected chi connectivity index (χ0v) is 20.2. The number of benzene rings is 1. The zero-order valence-electron chi connectivity index (χ0n) is 19.3. The molecule has 13 nitrogen and oxygen atoms in total. The van der Waals surface area contributed by atoms with E-state index in [0.29, 0.717) is 0 Å². The molecule has 1 heterocycles. The molecule has 5 unspecified atom stereocenters. The summed E-state index contributed by atoms with van der Waals surface area (Å²) in [5.41, 5.74) is 7.68. The summed E-state index contributed by atoms with van der Waals surface area (Å²) >= 11 is 3.96. The lowest BCUT2D eigenvalue weighted by molar-refractivity contribution is -0.147. The number of para-hydroxylation sites is 1. The van der Waals surface area contributed by atoms with Gasteiger partial charge in [0.2, 0.25) is 17.7 Å². The number of aliphatic carboxylic acids is 2. The number of fused-ring (bicyclic) bond motifs is 1. The molecule has 2 rings (SSSR count). The summed E-state index contributed by atoms with van der Waals surface area (Å²) in [5, 5.41) is 35.5. The number of hydrogen-bond donors (Lipinski definition) is 9. The van der Waals surface area contributed by atoms with Crippen molar-refractivity contribution in [1.82, 2.24) is 20.9 Å². The van der Waals surface area contributed by atoms with Crippen LogP contribution in [0.25, 0.3) is 10.9 Å². The number of carbonyl (C=O) groups is 5. The fourth-order valence-corrected chi connectivity index (χ4v) is 3.66. The molecule has 0 radical (unpaired) electrons. The van der Waals surface area contributed by atoms with E-state index in [1.165, 1.54) is 6.92 Å². The number of H-pyrrole nitrogens is 1. The molecule has 0 saturated heterocycles. The van der Waals surface area contributed by atoms with Crippen LogP contribution in [0.4, 0.5) is 0 Å². The van der Waals surface area contributed by atoms with Crippen LogP contribution in [-0.4, -0.2) is 86.0 Å². The number of carbonyl (C=O) groups excluding carboxylic acids is 3. The number of amides is 3. The molecule has 3 amide bonds. The molecule has 5 atom stereocenters. The Bertz CT molecular complexity index is 1120. The normalized spacial score (nSPS) is 15.2. The van der Waals surface area contributed by atoms with Gasteiger partial charge in [0, 0.05) is 22.9 Å². The van der Waals surface area contributed by atoms with Gasteiger partial charge in [-0.05, 0) is 25.0 Å². The quantitative estimate of drug-likeness (QED) is 0.137. The number of nitrogens with two attached hydrogens (primary N) is 1. The van der Waals surface area contributed by atoms with E-state index in [4.69, 9.17) is 15.9 Å². The Hall–Kier alpha value is -3.62. The van der Waals surface area contributed by atoms with Crippen molar-refractivity contribution in [2.45, 2.75) is 50.0 Å². The predicted molar refractivity (Wildman–Crippen MR) is 131 cm³/mol. The topological polar surface area (TPSA) is 224 Å². The SMILES string of the molecule is CC(O)C(NC(=O)C(N)Cc1c[nH]c2ccccc12)C(=O)NC(CS)C(=O)NC(CC(=O)O)C(=O)O. The summed E-state index contributed by atoms with van der Waals surface area (Å²) in [6.07, 6.45) is -0.390. The Morgan fingerprint density at radius 3 is 2.22 bits per heavy atom. The van der Waals surface area contributed by atoms with Crippen LogP contribution in [0.5, 0.6) is 0 Å². The first-order valence-corrected chi connectivity index (χ1v) is 11.5. The molecule has 0 bridgehead atoms. The maximum atomic E-state index is 12.7. The molecule has 36 heavy (non-hydrogen) atoms. The Balaban J connectivity index is 2.04. The molecule has 9 N–H and O–H groups in total. The molecule has 0 fully saturated rings. The highest BCUT2D eigenvalue weighted by Crippen LogP contribution is 2.18. The van der Waals surface area contributed by atoms with E-state index in [1.807, 2.05) is 29.6 Å². The molecule has 2 aromatic rings. The Labute approximate surface area is 211 Å². The van der Waals surface area contributed by atoms with Crippen LogP contribution < -0.4 is 21.7 Å². The van der Waals surface area contributed by atoms with Gasteiger partial charge >= 0.3 is 11.9 Å². The van der Waals surface area contributed by atoms with Gasteiger partial charge < -0.3 is 42.0 Å². The molecule has 0 aliphatic heterocycles. The first-order valence-electron chi connectivity index (χ1n) is 10.9. The standard InChI is InChI=1S/C22H29N5O8S/c1-10(28)18(21(33)26-16(9-36)20(32)25-15(22(34)35)7-17(29)30)27-19(31)13(23)6-11-8-24-14-5-3-2-4-12(11)14/h2-5,8,10,13,15-16,18,24,28,36H,6-7,9,23H2,1H3,(H,25,32)(H,26,33)(H,27,31)(H,29,30)(H,34,35). The van der Waals surface area contributed by atoms with Gasteiger partial charge in [-0.25, -0.2) is 4.79 Å². The Morgan fingerprint density at radius 2 is 1.64 bits per heavy atom. The number of carboxylic acids is 2. The second kappa shape index (κ2) is 12.9. The fourth-order valence-electron chi connectivity index (χ4n) is 3.40. The van der Waals surface area contributed by atoms with Crippen LogP contribution in [0.2, 0.25) is 0 Å². The van der Waals surface area contributed by atoms with E-state index in [0.717, 1.165) is 16.5 Å². The summed E-state index contributed by atoms with van der Waals surface area (Å²) in [7, 11) is 0. The van der Waals surface area contributed by atoms with E-state index in [2.05, 4.69) is 28.2 Å². The lowest BCUT2D eigenvalue weighted by Crippen LogP contribution is -2.60. The number of aliphatic hydroxyl groups excluding tert-OH is 1. The number of hydrogen-bond acceptors (Lipinski definition) is 8. The van der Waals surface area contributed by atoms with Crippen LogP contribution in [0, 0.1) is 0 Å². The zero-order chi connectivity index (χ0) is 27.0. The summed E-state index contributed by atoms with van der Waals surface area (Å²) in [6, 6.07) is 1.77. The fraction of sp³-hybridized carbons (Fsp3) is 0.409. The van der Waals surface area contributed by atoms with Crippen molar-refractivity contribution < 1.29 is 39.3 Å². The van der Waals surface area contributed by atoms with Crippen LogP contribution in [0.1, 0.15) is 18.9 Å². The average molecular weight is 524 g/mol. The minimum atomic E-state index is -1.73. The van der Waals surface area contributed by atoms with Crippen molar-refractivity contribution >= 4 is 53.2 Å². The number of carboxylic acid groups (broad SMARTS) is 2. The van der Waals surface area contributed by atoms with Gasteiger partial charge in [0.15, 0.2) is 0 Å². The highest BCUT2D eigenvalue weighted by molar-refractivity contribution is 7.80. The molecule has 14 heteroatoms. The van der Waals surface area contributed by atoms with E-state index < -0.39 is 66.4 Å². The molecule has 196 valence electrons. The number of nitrogens with one attached hydrogen (secondary N) is 4. The molecule has 0 spiro atoms. The number of aliphatic hydroxyl groups is 1. The smallest absolute Gasteiger partial charge is 0.326 e. The lowest BCUT2D eigenvalue weighted by atomic mass is 10.0. The second-order valence-corrected chi connectivity index (χ2v) is 8.50. The lowest BCUT2D eigenvalue weighted by Gasteiger charge is -2.25. The predicted octanol–water partition coefficient (Wildman–Crippen LogP) is -1.64. The Morgan fingerprint density at radius 1 is 1.00 bits per heavy atom. The molecule has 1 aromatic carbocycles. The van der Waals surface area contributed by atoms with Crippen LogP contribution >= 0.6 is 12.6 Å². The van der Waals surface area contributed by atoms with Crippen molar-refractivity contribution in [3.8, 4) is 0 Å². The van der Waals surface area contributed by atoms with E-state index >= 15 is 0 Å². The van der Waals surface area contributed by atoms with Crippen LogP contribution in [0.3, 0.4) is 0 Å². The summed E-state index contributed by atoms with van der Waals surface area (Å²) in [4.78, 5) is 62.9. The average Bonchev–Trinajstić information content (AvgIpc) is 3.22. The van der Waals surface area contributed by atoms with Crippen molar-refractivity contribution in [2.75, 3.05) is 5.75 Å².